The van der Waals surface area contributed by atoms with Gasteiger partial charge >= 0.3 is 0 Å². The Labute approximate surface area is 143 Å². The van der Waals surface area contributed by atoms with E-state index in [4.69, 9.17) is 6.42 Å². The third kappa shape index (κ3) is 1.90. The minimum atomic E-state index is -1.33. The van der Waals surface area contributed by atoms with Gasteiger partial charge in [0.15, 0.2) is 12.1 Å². The predicted molar refractivity (Wildman–Crippen MR) is 91.5 cm³/mol. The van der Waals surface area contributed by atoms with Crippen LogP contribution < -0.4 is 0 Å². The fraction of sp³-hybridized carbons (Fsp3) is 0.667. The lowest BCUT2D eigenvalue weighted by molar-refractivity contribution is -0.196. The first-order chi connectivity index (χ1) is 11.4. The van der Waals surface area contributed by atoms with E-state index < -0.39 is 11.7 Å². The molecular formula is C21H26O3. The number of aliphatic hydroxyl groups excluding tert-OH is 1. The molecule has 0 amide bonds. The van der Waals surface area contributed by atoms with Crippen LogP contribution in [0.25, 0.3) is 0 Å². The van der Waals surface area contributed by atoms with E-state index >= 15 is 0 Å². The number of aliphatic hydroxyl groups is 2. The molecule has 0 saturated heterocycles. The number of terminal acetylenes is 1. The van der Waals surface area contributed by atoms with Gasteiger partial charge in [0, 0.05) is 16.7 Å². The second-order valence-corrected chi connectivity index (χ2v) is 8.42. The van der Waals surface area contributed by atoms with Crippen LogP contribution >= 0.6 is 0 Å². The van der Waals surface area contributed by atoms with Crippen molar-refractivity contribution in [2.24, 2.45) is 34.5 Å². The molecule has 0 radical (unpaired) electrons. The Balaban J connectivity index is 1.73. The predicted octanol–water partition coefficient (Wildman–Crippen LogP) is 2.83. The molecule has 0 aliphatic heterocycles. The van der Waals surface area contributed by atoms with Gasteiger partial charge in [-0.2, -0.15) is 0 Å². The Morgan fingerprint density at radius 1 is 1.25 bits per heavy atom. The molecule has 0 bridgehead atoms. The molecule has 0 aromatic rings. The van der Waals surface area contributed by atoms with Crippen molar-refractivity contribution < 1.29 is 15.0 Å². The van der Waals surface area contributed by atoms with Gasteiger partial charge < -0.3 is 10.2 Å². The Hall–Kier alpha value is -1.37. The number of carbonyl (C=O) groups is 1. The zero-order chi connectivity index (χ0) is 17.1. The smallest absolute Gasteiger partial charge is 0.178 e. The van der Waals surface area contributed by atoms with Crippen LogP contribution in [0, 0.1) is 46.8 Å². The van der Waals surface area contributed by atoms with E-state index in [1.165, 1.54) is 5.57 Å². The summed E-state index contributed by atoms with van der Waals surface area (Å²) in [6, 6.07) is 0. The van der Waals surface area contributed by atoms with E-state index in [1.54, 1.807) is 6.08 Å². The standard InChI is InChI=1S/C21H26O3/c1-3-13-5-7-18-16-6-4-14-12-15(22)8-10-20(14,2)17(16)9-11-21(13,18)19(23)24/h1,8,10,12-13,16-19,23-24H,4-7,9,11H2,2H3/t13-,16-,17+,18+,20+,21+/m1/s1. The number of allylic oxidation sites excluding steroid dienone is 4. The molecule has 6 atom stereocenters. The van der Waals surface area contributed by atoms with Gasteiger partial charge in [0.1, 0.15) is 0 Å². The van der Waals surface area contributed by atoms with E-state index in [0.29, 0.717) is 11.8 Å². The van der Waals surface area contributed by atoms with Crippen LogP contribution in [-0.4, -0.2) is 22.3 Å². The van der Waals surface area contributed by atoms with E-state index in [2.05, 4.69) is 18.9 Å². The Morgan fingerprint density at radius 2 is 2.04 bits per heavy atom. The van der Waals surface area contributed by atoms with Crippen LogP contribution in [0.15, 0.2) is 23.8 Å². The van der Waals surface area contributed by atoms with Crippen LogP contribution in [-0.2, 0) is 4.79 Å². The number of ketones is 1. The molecule has 24 heavy (non-hydrogen) atoms. The van der Waals surface area contributed by atoms with Crippen molar-refractivity contribution >= 4 is 5.78 Å². The molecule has 3 fully saturated rings. The molecule has 3 heteroatoms. The highest BCUT2D eigenvalue weighted by molar-refractivity contribution is 6.01. The number of fused-ring (bicyclic) bond motifs is 5. The maximum Gasteiger partial charge on any atom is 0.178 e. The van der Waals surface area contributed by atoms with E-state index in [9.17, 15) is 15.0 Å². The van der Waals surface area contributed by atoms with Crippen molar-refractivity contribution in [3.8, 4) is 12.3 Å². The molecule has 0 aromatic carbocycles. The van der Waals surface area contributed by atoms with Gasteiger partial charge in [-0.3, -0.25) is 4.79 Å². The molecule has 0 heterocycles. The number of rotatable bonds is 1. The molecule has 2 N–H and O–H groups in total. The maximum atomic E-state index is 11.8. The fourth-order valence-corrected chi connectivity index (χ4v) is 6.66. The van der Waals surface area contributed by atoms with Gasteiger partial charge in [-0.15, -0.1) is 12.3 Å². The van der Waals surface area contributed by atoms with Crippen molar-refractivity contribution in [2.75, 3.05) is 0 Å². The van der Waals surface area contributed by atoms with E-state index in [-0.39, 0.29) is 23.0 Å². The van der Waals surface area contributed by atoms with Gasteiger partial charge in [-0.05, 0) is 68.4 Å². The highest BCUT2D eigenvalue weighted by Gasteiger charge is 2.62. The monoisotopic (exact) mass is 326 g/mol. The quantitative estimate of drug-likeness (QED) is 0.575. The largest absolute Gasteiger partial charge is 0.368 e. The molecule has 4 aliphatic rings. The molecule has 0 unspecified atom stereocenters. The van der Waals surface area contributed by atoms with Crippen LogP contribution in [0.3, 0.4) is 0 Å². The van der Waals surface area contributed by atoms with Gasteiger partial charge in [-0.1, -0.05) is 18.6 Å². The lowest BCUT2D eigenvalue weighted by Crippen LogP contribution is -2.54. The summed E-state index contributed by atoms with van der Waals surface area (Å²) in [4.78, 5) is 11.8. The van der Waals surface area contributed by atoms with Crippen LogP contribution in [0.2, 0.25) is 0 Å². The summed E-state index contributed by atoms with van der Waals surface area (Å²) in [6.45, 7) is 2.26. The number of hydrogen-bond donors (Lipinski definition) is 2. The highest BCUT2D eigenvalue weighted by atomic mass is 16.5. The number of carbonyl (C=O) groups excluding carboxylic acids is 1. The molecular weight excluding hydrogens is 300 g/mol. The fourth-order valence-electron chi connectivity index (χ4n) is 6.66. The van der Waals surface area contributed by atoms with Gasteiger partial charge in [0.2, 0.25) is 0 Å². The van der Waals surface area contributed by atoms with Crippen molar-refractivity contribution in [3.63, 3.8) is 0 Å². The van der Waals surface area contributed by atoms with Crippen LogP contribution in [0.4, 0.5) is 0 Å². The molecule has 4 rings (SSSR count). The maximum absolute atomic E-state index is 11.8. The summed E-state index contributed by atoms with van der Waals surface area (Å²) in [6.07, 6.45) is 15.6. The molecule has 4 aliphatic carbocycles. The van der Waals surface area contributed by atoms with Crippen LogP contribution in [0.5, 0.6) is 0 Å². The summed E-state index contributed by atoms with van der Waals surface area (Å²) in [5.74, 6) is 4.14. The molecule has 3 saturated carbocycles. The molecule has 0 aromatic heterocycles. The Kier molecular flexibility index (Phi) is 3.57. The van der Waals surface area contributed by atoms with Gasteiger partial charge in [0.25, 0.3) is 0 Å². The van der Waals surface area contributed by atoms with Crippen LogP contribution in [0.1, 0.15) is 45.4 Å². The summed E-state index contributed by atoms with van der Waals surface area (Å²) < 4.78 is 0. The first kappa shape index (κ1) is 16.1. The Morgan fingerprint density at radius 3 is 2.75 bits per heavy atom. The minimum absolute atomic E-state index is 0.0309. The minimum Gasteiger partial charge on any atom is -0.368 e. The second kappa shape index (κ2) is 5.31. The normalized spacial score (nSPS) is 46.8. The average molecular weight is 326 g/mol. The van der Waals surface area contributed by atoms with Crippen molar-refractivity contribution in [3.05, 3.63) is 23.8 Å². The SMILES string of the molecule is C#C[C@@H]1CC[C@H]2[C@@H]3CCC4=CC(=O)C=C[C@]4(C)[C@H]3CC[C@]12C(O)O. The highest BCUT2D eigenvalue weighted by Crippen LogP contribution is 2.66. The first-order valence-electron chi connectivity index (χ1n) is 9.20. The summed E-state index contributed by atoms with van der Waals surface area (Å²) in [7, 11) is 0. The zero-order valence-corrected chi connectivity index (χ0v) is 14.2. The van der Waals surface area contributed by atoms with E-state index in [1.807, 2.05) is 6.08 Å². The third-order valence-electron chi connectivity index (χ3n) is 7.83. The lowest BCUT2D eigenvalue weighted by atomic mass is 9.47. The van der Waals surface area contributed by atoms with E-state index in [0.717, 1.165) is 38.5 Å². The van der Waals surface area contributed by atoms with Crippen molar-refractivity contribution in [1.29, 1.82) is 0 Å². The summed E-state index contributed by atoms with van der Waals surface area (Å²) in [5, 5.41) is 20.5. The molecule has 3 nitrogen and oxygen atoms in total. The third-order valence-corrected chi connectivity index (χ3v) is 7.83. The average Bonchev–Trinajstić information content (AvgIpc) is 2.95. The lowest BCUT2D eigenvalue weighted by Gasteiger charge is -2.57. The summed E-state index contributed by atoms with van der Waals surface area (Å²) >= 11 is 0. The topological polar surface area (TPSA) is 57.5 Å². The molecule has 128 valence electrons. The zero-order valence-electron chi connectivity index (χ0n) is 14.2. The van der Waals surface area contributed by atoms with Crippen molar-refractivity contribution in [1.82, 2.24) is 0 Å². The van der Waals surface area contributed by atoms with Crippen molar-refractivity contribution in [2.45, 2.75) is 51.7 Å². The number of hydrogen-bond acceptors (Lipinski definition) is 3. The summed E-state index contributed by atoms with van der Waals surface area (Å²) in [5.41, 5.74) is 0.680. The van der Waals surface area contributed by atoms with Gasteiger partial charge in [0.05, 0.1) is 0 Å². The Bertz CT molecular complexity index is 667. The second-order valence-electron chi connectivity index (χ2n) is 8.42. The first-order valence-corrected chi connectivity index (χ1v) is 9.20. The van der Waals surface area contributed by atoms with Gasteiger partial charge in [-0.25, -0.2) is 0 Å². The molecule has 0 spiro atoms.